The average Bonchev–Trinajstić information content (AvgIpc) is 3.48. The summed E-state index contributed by atoms with van der Waals surface area (Å²) < 4.78 is 6.51. The number of amidine groups is 1. The lowest BCUT2D eigenvalue weighted by Crippen LogP contribution is -2.32. The quantitative estimate of drug-likeness (QED) is 0.208. The minimum atomic E-state index is -0.467. The van der Waals surface area contributed by atoms with Crippen molar-refractivity contribution in [2.45, 2.75) is 11.5 Å². The van der Waals surface area contributed by atoms with Crippen LogP contribution in [0.25, 0.3) is 28.0 Å². The van der Waals surface area contributed by atoms with Crippen LogP contribution in [0.15, 0.2) is 187 Å². The van der Waals surface area contributed by atoms with E-state index in [0.29, 0.717) is 0 Å². The lowest BCUT2D eigenvalue weighted by molar-refractivity contribution is 0.436. The van der Waals surface area contributed by atoms with Crippen molar-refractivity contribution in [3.8, 4) is 33.8 Å². The van der Waals surface area contributed by atoms with Crippen LogP contribution >= 0.6 is 0 Å². The minimum absolute atomic E-state index is 0.0933. The van der Waals surface area contributed by atoms with Crippen LogP contribution in [0.4, 0.5) is 0 Å². The maximum Gasteiger partial charge on any atom is 0.133 e. The molecule has 1 aliphatic carbocycles. The van der Waals surface area contributed by atoms with Crippen LogP contribution in [0.5, 0.6) is 11.5 Å². The molecule has 2 heterocycles. The largest absolute Gasteiger partial charge is 0.457 e. The molecular formula is C47H32N2O. The second kappa shape index (κ2) is 11.3. The zero-order valence-corrected chi connectivity index (χ0v) is 27.3. The molecule has 0 fully saturated rings. The Bertz CT molecular complexity index is 2450. The molecule has 1 N–H and O–H groups in total. The zero-order chi connectivity index (χ0) is 33.1. The maximum atomic E-state index is 6.51. The highest BCUT2D eigenvalue weighted by atomic mass is 16.5. The third-order valence-electron chi connectivity index (χ3n) is 10.4. The fraction of sp³-hybridized carbons (Fsp3) is 0.0426. The van der Waals surface area contributed by atoms with E-state index in [1.165, 1.54) is 44.5 Å². The van der Waals surface area contributed by atoms with Gasteiger partial charge in [-0.25, -0.2) is 0 Å². The molecule has 7 aromatic rings. The molecule has 0 saturated heterocycles. The molecule has 10 rings (SSSR count). The predicted molar refractivity (Wildman–Crippen MR) is 203 cm³/mol. The second-order valence-electron chi connectivity index (χ2n) is 13.1. The molecule has 0 amide bonds. The van der Waals surface area contributed by atoms with Gasteiger partial charge in [0.1, 0.15) is 17.3 Å². The highest BCUT2D eigenvalue weighted by Crippen LogP contribution is 2.62. The van der Waals surface area contributed by atoms with Crippen molar-refractivity contribution in [3.63, 3.8) is 0 Å². The van der Waals surface area contributed by atoms with Gasteiger partial charge in [0.05, 0.1) is 11.5 Å². The molecule has 1 unspecified atom stereocenters. The van der Waals surface area contributed by atoms with Gasteiger partial charge in [0.25, 0.3) is 0 Å². The number of fused-ring (bicyclic) bond motifs is 9. The normalized spacial score (nSPS) is 16.1. The van der Waals surface area contributed by atoms with Crippen molar-refractivity contribution in [1.82, 2.24) is 5.32 Å². The molecule has 0 saturated carbocycles. The number of nitrogens with one attached hydrogen (secondary N) is 1. The Kier molecular flexibility index (Phi) is 6.47. The van der Waals surface area contributed by atoms with Crippen molar-refractivity contribution in [3.05, 3.63) is 221 Å². The Balaban J connectivity index is 1.10. The fourth-order valence-corrected chi connectivity index (χ4v) is 8.17. The van der Waals surface area contributed by atoms with E-state index in [1.807, 2.05) is 0 Å². The Hall–Kier alpha value is -6.45. The molecular weight excluding hydrogens is 609 g/mol. The number of nitrogens with zero attached hydrogens (tertiary/aromatic N) is 1. The summed E-state index contributed by atoms with van der Waals surface area (Å²) in [5.74, 6) is 2.68. The first-order valence-electron chi connectivity index (χ1n) is 17.2. The van der Waals surface area contributed by atoms with Gasteiger partial charge in [-0.05, 0) is 74.8 Å². The standard InChI is InChI=1S/C47H32N2O/c1-3-14-31(15-4-1)42-30-43(32-16-5-2-6-17-32)49-46(48-42)35-19-13-18-33(28-35)34-26-27-39-37(29-34)36-20-7-8-21-38(36)47(39)40-22-9-11-24-44(40)50-45-25-12-10-23-41(45)47/h1-30,42H,(H,48,49). The predicted octanol–water partition coefficient (Wildman–Crippen LogP) is 11.0. The molecule has 3 aliphatic rings. The lowest BCUT2D eigenvalue weighted by Gasteiger charge is -2.39. The summed E-state index contributed by atoms with van der Waals surface area (Å²) in [7, 11) is 0. The number of aliphatic imine (C=N–C) groups is 1. The van der Waals surface area contributed by atoms with Crippen molar-refractivity contribution in [2.75, 3.05) is 0 Å². The summed E-state index contributed by atoms with van der Waals surface area (Å²) in [6, 6.07) is 62.6. The van der Waals surface area contributed by atoms with Crippen LogP contribution in [0.1, 0.15) is 45.0 Å². The molecule has 236 valence electrons. The molecule has 3 heteroatoms. The van der Waals surface area contributed by atoms with Crippen LogP contribution in [0.2, 0.25) is 0 Å². The minimum Gasteiger partial charge on any atom is -0.457 e. The Morgan fingerprint density at radius 3 is 1.80 bits per heavy atom. The van der Waals surface area contributed by atoms with E-state index >= 15 is 0 Å². The first-order chi connectivity index (χ1) is 24.8. The molecule has 7 aromatic carbocycles. The van der Waals surface area contributed by atoms with Crippen molar-refractivity contribution < 1.29 is 4.74 Å². The van der Waals surface area contributed by atoms with Gasteiger partial charge in [-0.2, -0.15) is 0 Å². The van der Waals surface area contributed by atoms with E-state index in [9.17, 15) is 0 Å². The van der Waals surface area contributed by atoms with Crippen LogP contribution < -0.4 is 10.1 Å². The SMILES string of the molecule is C1=C(c2ccccc2)NC(c2cccc(-c3ccc4c(c3)-c3ccccc3C43c4ccccc4Oc4ccccc43)c2)=NC1c1ccccc1. The van der Waals surface area contributed by atoms with Crippen molar-refractivity contribution in [1.29, 1.82) is 0 Å². The van der Waals surface area contributed by atoms with Gasteiger partial charge < -0.3 is 10.1 Å². The van der Waals surface area contributed by atoms with Gasteiger partial charge >= 0.3 is 0 Å². The van der Waals surface area contributed by atoms with Gasteiger partial charge in [0, 0.05) is 22.4 Å². The number of ether oxygens (including phenoxy) is 1. The summed E-state index contributed by atoms with van der Waals surface area (Å²) in [5.41, 5.74) is 13.7. The van der Waals surface area contributed by atoms with E-state index < -0.39 is 5.41 Å². The lowest BCUT2D eigenvalue weighted by atomic mass is 9.66. The van der Waals surface area contributed by atoms with Crippen LogP contribution in [-0.4, -0.2) is 5.84 Å². The van der Waals surface area contributed by atoms with Gasteiger partial charge in [-0.1, -0.05) is 152 Å². The van der Waals surface area contributed by atoms with E-state index in [2.05, 4.69) is 187 Å². The third kappa shape index (κ3) is 4.33. The smallest absolute Gasteiger partial charge is 0.133 e. The Morgan fingerprint density at radius 1 is 0.460 bits per heavy atom. The fourth-order valence-electron chi connectivity index (χ4n) is 8.17. The van der Waals surface area contributed by atoms with Crippen LogP contribution in [-0.2, 0) is 5.41 Å². The molecule has 0 radical (unpaired) electrons. The first kappa shape index (κ1) is 28.6. The zero-order valence-electron chi connectivity index (χ0n) is 27.3. The first-order valence-corrected chi connectivity index (χ1v) is 17.2. The number of benzene rings is 7. The monoisotopic (exact) mass is 640 g/mol. The van der Waals surface area contributed by atoms with E-state index in [4.69, 9.17) is 9.73 Å². The maximum absolute atomic E-state index is 6.51. The number of hydrogen-bond donors (Lipinski definition) is 1. The average molecular weight is 641 g/mol. The number of hydrogen-bond acceptors (Lipinski definition) is 3. The summed E-state index contributed by atoms with van der Waals surface area (Å²) in [6.07, 6.45) is 2.22. The van der Waals surface area contributed by atoms with Crippen molar-refractivity contribution in [2.24, 2.45) is 4.99 Å². The highest BCUT2D eigenvalue weighted by molar-refractivity contribution is 6.05. The van der Waals surface area contributed by atoms with Gasteiger partial charge in [0.15, 0.2) is 0 Å². The van der Waals surface area contributed by atoms with Crippen LogP contribution in [0.3, 0.4) is 0 Å². The summed E-state index contributed by atoms with van der Waals surface area (Å²) >= 11 is 0. The van der Waals surface area contributed by atoms with E-state index in [1.54, 1.807) is 0 Å². The topological polar surface area (TPSA) is 33.6 Å². The molecule has 1 spiro atoms. The van der Waals surface area contributed by atoms with E-state index in [-0.39, 0.29) is 6.04 Å². The summed E-state index contributed by atoms with van der Waals surface area (Å²) in [6.45, 7) is 0. The number of rotatable bonds is 4. The summed E-state index contributed by atoms with van der Waals surface area (Å²) in [4.78, 5) is 5.24. The highest BCUT2D eigenvalue weighted by Gasteiger charge is 2.50. The molecule has 3 nitrogen and oxygen atoms in total. The third-order valence-corrected chi connectivity index (χ3v) is 10.4. The van der Waals surface area contributed by atoms with Gasteiger partial charge in [-0.15, -0.1) is 0 Å². The van der Waals surface area contributed by atoms with E-state index in [0.717, 1.165) is 39.7 Å². The van der Waals surface area contributed by atoms with Gasteiger partial charge in [-0.3, -0.25) is 4.99 Å². The molecule has 1 atom stereocenters. The Morgan fingerprint density at radius 2 is 1.04 bits per heavy atom. The Labute approximate surface area is 291 Å². The molecule has 2 aliphatic heterocycles. The second-order valence-corrected chi connectivity index (χ2v) is 13.1. The molecule has 50 heavy (non-hydrogen) atoms. The summed E-state index contributed by atoms with van der Waals surface area (Å²) in [5, 5.41) is 3.68. The van der Waals surface area contributed by atoms with Gasteiger partial charge in [0.2, 0.25) is 0 Å². The molecule has 0 aromatic heterocycles. The van der Waals surface area contributed by atoms with Crippen molar-refractivity contribution >= 4 is 11.5 Å². The molecule has 0 bridgehead atoms. The van der Waals surface area contributed by atoms with Crippen LogP contribution in [0, 0.1) is 0 Å². The number of para-hydroxylation sites is 2.